The second-order valence-electron chi connectivity index (χ2n) is 6.63. The first-order valence-electron chi connectivity index (χ1n) is 7.98. The first kappa shape index (κ1) is 16.1. The number of ether oxygens (including phenoxy) is 2. The standard InChI is InChI=1S/C16H24N4O3/c1-12-4-5-14(18-17-12)20-10-16(11-20)8-13(6-7-23-16)22-9-15(21)19(2)3/h4-5,13H,6-11H2,1-3H3/t13-/m0/s1. The van der Waals surface area contributed by atoms with Crippen LogP contribution in [-0.4, -0.2) is 73.1 Å². The van der Waals surface area contributed by atoms with Gasteiger partial charge in [-0.25, -0.2) is 0 Å². The van der Waals surface area contributed by atoms with E-state index in [0.29, 0.717) is 6.61 Å². The summed E-state index contributed by atoms with van der Waals surface area (Å²) in [6.45, 7) is 4.34. The van der Waals surface area contributed by atoms with Gasteiger partial charge in [0, 0.05) is 27.1 Å². The number of aryl methyl sites for hydroxylation is 1. The summed E-state index contributed by atoms with van der Waals surface area (Å²) in [5, 5.41) is 8.31. The monoisotopic (exact) mass is 320 g/mol. The zero-order valence-corrected chi connectivity index (χ0v) is 14.0. The lowest BCUT2D eigenvalue weighted by molar-refractivity contribution is -0.156. The van der Waals surface area contributed by atoms with Crippen molar-refractivity contribution in [1.82, 2.24) is 15.1 Å². The maximum absolute atomic E-state index is 11.6. The molecule has 0 radical (unpaired) electrons. The minimum Gasteiger partial charge on any atom is -0.371 e. The Kier molecular flexibility index (Phi) is 4.50. The summed E-state index contributed by atoms with van der Waals surface area (Å²) >= 11 is 0. The summed E-state index contributed by atoms with van der Waals surface area (Å²) < 4.78 is 11.8. The molecule has 0 unspecified atom stereocenters. The molecule has 1 atom stereocenters. The van der Waals surface area contributed by atoms with E-state index in [1.807, 2.05) is 19.1 Å². The fourth-order valence-corrected chi connectivity index (χ4v) is 3.04. The number of aromatic nitrogens is 2. The second kappa shape index (κ2) is 6.41. The summed E-state index contributed by atoms with van der Waals surface area (Å²) in [5.41, 5.74) is 0.744. The summed E-state index contributed by atoms with van der Waals surface area (Å²) in [5.74, 6) is 0.881. The zero-order chi connectivity index (χ0) is 16.4. The van der Waals surface area contributed by atoms with Gasteiger partial charge in [-0.2, -0.15) is 5.10 Å². The molecule has 7 heteroatoms. The lowest BCUT2D eigenvalue weighted by atomic mass is 9.84. The third kappa shape index (κ3) is 3.61. The number of hydrogen-bond acceptors (Lipinski definition) is 6. The molecule has 2 fully saturated rings. The van der Waals surface area contributed by atoms with Gasteiger partial charge >= 0.3 is 0 Å². The molecule has 1 aromatic heterocycles. The molecule has 3 rings (SSSR count). The molecule has 2 aliphatic heterocycles. The highest BCUT2D eigenvalue weighted by Crippen LogP contribution is 2.37. The molecule has 0 N–H and O–H groups in total. The SMILES string of the molecule is Cc1ccc(N2CC3(C[C@@H](OCC(=O)N(C)C)CCO3)C2)nn1. The van der Waals surface area contributed by atoms with Gasteiger partial charge in [0.05, 0.1) is 24.9 Å². The van der Waals surface area contributed by atoms with Gasteiger partial charge in [0.2, 0.25) is 5.91 Å². The third-order valence-corrected chi connectivity index (χ3v) is 4.45. The van der Waals surface area contributed by atoms with Gasteiger partial charge in [-0.3, -0.25) is 4.79 Å². The summed E-state index contributed by atoms with van der Waals surface area (Å²) in [6.07, 6.45) is 1.75. The van der Waals surface area contributed by atoms with Gasteiger partial charge in [0.15, 0.2) is 5.82 Å². The first-order valence-corrected chi connectivity index (χ1v) is 7.98. The maximum Gasteiger partial charge on any atom is 0.248 e. The highest BCUT2D eigenvalue weighted by Gasteiger charge is 2.48. The molecule has 126 valence electrons. The molecule has 1 spiro atoms. The highest BCUT2D eigenvalue weighted by atomic mass is 16.5. The number of amides is 1. The molecular formula is C16H24N4O3. The largest absolute Gasteiger partial charge is 0.371 e. The van der Waals surface area contributed by atoms with E-state index in [4.69, 9.17) is 9.47 Å². The molecule has 2 saturated heterocycles. The van der Waals surface area contributed by atoms with Crippen LogP contribution in [0.1, 0.15) is 18.5 Å². The molecule has 1 amide bonds. The highest BCUT2D eigenvalue weighted by molar-refractivity contribution is 5.76. The molecule has 3 heterocycles. The number of likely N-dealkylation sites (N-methyl/N-ethyl adjacent to an activating group) is 1. The number of nitrogens with zero attached hydrogens (tertiary/aromatic N) is 4. The van der Waals surface area contributed by atoms with Crippen molar-refractivity contribution < 1.29 is 14.3 Å². The van der Waals surface area contributed by atoms with Crippen molar-refractivity contribution in [2.24, 2.45) is 0 Å². The number of carbonyl (C=O) groups is 1. The van der Waals surface area contributed by atoms with Crippen molar-refractivity contribution in [2.75, 3.05) is 45.3 Å². The number of hydrogen-bond donors (Lipinski definition) is 0. The smallest absolute Gasteiger partial charge is 0.248 e. The van der Waals surface area contributed by atoms with E-state index in [0.717, 1.165) is 37.4 Å². The predicted octanol–water partition coefficient (Wildman–Crippen LogP) is 0.628. The summed E-state index contributed by atoms with van der Waals surface area (Å²) in [4.78, 5) is 15.4. The number of anilines is 1. The van der Waals surface area contributed by atoms with E-state index in [-0.39, 0.29) is 24.2 Å². The Morgan fingerprint density at radius 2 is 2.22 bits per heavy atom. The molecular weight excluding hydrogens is 296 g/mol. The molecule has 2 aliphatic rings. The molecule has 0 bridgehead atoms. The number of carbonyl (C=O) groups excluding carboxylic acids is 1. The minimum absolute atomic E-state index is 0.00397. The Labute approximate surface area is 136 Å². The van der Waals surface area contributed by atoms with Crippen molar-refractivity contribution in [3.8, 4) is 0 Å². The van der Waals surface area contributed by atoms with Crippen molar-refractivity contribution in [1.29, 1.82) is 0 Å². The van der Waals surface area contributed by atoms with E-state index in [9.17, 15) is 4.79 Å². The van der Waals surface area contributed by atoms with Gasteiger partial charge in [0.25, 0.3) is 0 Å². The van der Waals surface area contributed by atoms with Crippen LogP contribution in [0, 0.1) is 6.92 Å². The quantitative estimate of drug-likeness (QED) is 0.810. The maximum atomic E-state index is 11.6. The topological polar surface area (TPSA) is 67.8 Å². The van der Waals surface area contributed by atoms with E-state index in [1.165, 1.54) is 0 Å². The lowest BCUT2D eigenvalue weighted by Gasteiger charge is -2.53. The van der Waals surface area contributed by atoms with Gasteiger partial charge in [-0.15, -0.1) is 5.10 Å². The molecule has 0 aromatic carbocycles. The summed E-state index contributed by atoms with van der Waals surface area (Å²) in [7, 11) is 3.48. The van der Waals surface area contributed by atoms with Crippen LogP contribution in [0.3, 0.4) is 0 Å². The van der Waals surface area contributed by atoms with E-state index in [1.54, 1.807) is 19.0 Å². The van der Waals surface area contributed by atoms with Crippen molar-refractivity contribution in [2.45, 2.75) is 31.5 Å². The Bertz CT molecular complexity index is 555. The van der Waals surface area contributed by atoms with E-state index >= 15 is 0 Å². The Balaban J connectivity index is 1.51. The van der Waals surface area contributed by atoms with Gasteiger partial charge in [0.1, 0.15) is 12.2 Å². The molecule has 0 aliphatic carbocycles. The zero-order valence-electron chi connectivity index (χ0n) is 14.0. The second-order valence-corrected chi connectivity index (χ2v) is 6.63. The molecule has 1 aromatic rings. The van der Waals surface area contributed by atoms with E-state index in [2.05, 4.69) is 15.1 Å². The predicted molar refractivity (Wildman–Crippen MR) is 85.3 cm³/mol. The average molecular weight is 320 g/mol. The number of rotatable bonds is 4. The summed E-state index contributed by atoms with van der Waals surface area (Å²) in [6, 6.07) is 3.95. The Morgan fingerprint density at radius 3 is 2.87 bits per heavy atom. The van der Waals surface area contributed by atoms with Crippen LogP contribution in [0.5, 0.6) is 0 Å². The lowest BCUT2D eigenvalue weighted by Crippen LogP contribution is -2.66. The fourth-order valence-electron chi connectivity index (χ4n) is 3.04. The van der Waals surface area contributed by atoms with Crippen LogP contribution in [0.25, 0.3) is 0 Å². The van der Waals surface area contributed by atoms with Gasteiger partial charge in [-0.1, -0.05) is 0 Å². The van der Waals surface area contributed by atoms with Crippen molar-refractivity contribution in [3.05, 3.63) is 17.8 Å². The van der Waals surface area contributed by atoms with Gasteiger partial charge < -0.3 is 19.3 Å². The molecule has 7 nitrogen and oxygen atoms in total. The van der Waals surface area contributed by atoms with Crippen LogP contribution >= 0.6 is 0 Å². The minimum atomic E-state index is -0.170. The molecule has 0 saturated carbocycles. The fraction of sp³-hybridized carbons (Fsp3) is 0.688. The van der Waals surface area contributed by atoms with Gasteiger partial charge in [-0.05, 0) is 25.5 Å². The van der Waals surface area contributed by atoms with E-state index < -0.39 is 0 Å². The Morgan fingerprint density at radius 1 is 1.43 bits per heavy atom. The van der Waals surface area contributed by atoms with Crippen LogP contribution in [0.2, 0.25) is 0 Å². The van der Waals surface area contributed by atoms with Crippen LogP contribution < -0.4 is 4.90 Å². The first-order chi connectivity index (χ1) is 11.0. The Hall–Kier alpha value is -1.73. The van der Waals surface area contributed by atoms with Crippen LogP contribution in [0.15, 0.2) is 12.1 Å². The van der Waals surface area contributed by atoms with Crippen molar-refractivity contribution >= 4 is 11.7 Å². The third-order valence-electron chi connectivity index (χ3n) is 4.45. The molecule has 23 heavy (non-hydrogen) atoms. The normalized spacial score (nSPS) is 22.7. The average Bonchev–Trinajstić information content (AvgIpc) is 2.51. The van der Waals surface area contributed by atoms with Crippen LogP contribution in [0.4, 0.5) is 5.82 Å². The van der Waals surface area contributed by atoms with Crippen LogP contribution in [-0.2, 0) is 14.3 Å². The van der Waals surface area contributed by atoms with Crippen molar-refractivity contribution in [3.63, 3.8) is 0 Å².